The lowest BCUT2D eigenvalue weighted by molar-refractivity contribution is -0.122. The summed E-state index contributed by atoms with van der Waals surface area (Å²) in [6.45, 7) is 0. The van der Waals surface area contributed by atoms with E-state index in [4.69, 9.17) is 4.99 Å². The van der Waals surface area contributed by atoms with Gasteiger partial charge in [0.1, 0.15) is 4.75 Å². The third-order valence-electron chi connectivity index (χ3n) is 4.96. The average Bonchev–Trinajstić information content (AvgIpc) is 2.70. The van der Waals surface area contributed by atoms with Gasteiger partial charge in [0.25, 0.3) is 0 Å². The highest BCUT2D eigenvalue weighted by Gasteiger charge is 2.47. The highest BCUT2D eigenvalue weighted by molar-refractivity contribution is 8.16. The average molecular weight is 294 g/mol. The molecular weight excluding hydrogens is 268 g/mol. The molecule has 3 rings (SSSR count). The van der Waals surface area contributed by atoms with E-state index in [0.717, 1.165) is 18.0 Å². The van der Waals surface area contributed by atoms with E-state index in [2.05, 4.69) is 5.32 Å². The van der Waals surface area contributed by atoms with Gasteiger partial charge in [0.15, 0.2) is 5.17 Å². The Morgan fingerprint density at radius 1 is 0.950 bits per heavy atom. The monoisotopic (exact) mass is 294 g/mol. The van der Waals surface area contributed by atoms with Crippen LogP contribution in [0.4, 0.5) is 0 Å². The van der Waals surface area contributed by atoms with Crippen molar-refractivity contribution < 1.29 is 4.79 Å². The van der Waals surface area contributed by atoms with E-state index >= 15 is 0 Å². The Balaban J connectivity index is 1.65. The Kier molecular flexibility index (Phi) is 4.69. The minimum absolute atomic E-state index is 0.168. The van der Waals surface area contributed by atoms with Crippen molar-refractivity contribution in [2.24, 2.45) is 4.99 Å². The van der Waals surface area contributed by atoms with E-state index in [9.17, 15) is 4.79 Å². The number of amidine groups is 1. The molecule has 3 fully saturated rings. The summed E-state index contributed by atoms with van der Waals surface area (Å²) in [6.07, 6.45) is 14.8. The van der Waals surface area contributed by atoms with E-state index < -0.39 is 0 Å². The molecule has 0 bridgehead atoms. The fraction of sp³-hybridized carbons (Fsp3) is 0.875. The summed E-state index contributed by atoms with van der Waals surface area (Å²) < 4.78 is -0.168. The zero-order valence-electron chi connectivity index (χ0n) is 12.3. The van der Waals surface area contributed by atoms with Crippen LogP contribution in [0.2, 0.25) is 0 Å². The molecule has 3 nitrogen and oxygen atoms in total. The zero-order chi connectivity index (χ0) is 13.8. The number of nitrogens with one attached hydrogen (secondary N) is 1. The molecule has 1 heterocycles. The second kappa shape index (κ2) is 6.50. The Morgan fingerprint density at radius 2 is 1.55 bits per heavy atom. The van der Waals surface area contributed by atoms with Crippen LogP contribution in [0, 0.1) is 0 Å². The van der Waals surface area contributed by atoms with Crippen molar-refractivity contribution in [2.45, 2.75) is 87.8 Å². The second-order valence-corrected chi connectivity index (χ2v) is 7.92. The molecule has 0 aromatic rings. The van der Waals surface area contributed by atoms with Crippen LogP contribution in [0.1, 0.15) is 77.0 Å². The van der Waals surface area contributed by atoms with E-state index in [1.807, 2.05) is 0 Å². The van der Waals surface area contributed by atoms with Gasteiger partial charge in [-0.05, 0) is 25.7 Å². The Labute approximate surface area is 126 Å². The van der Waals surface area contributed by atoms with Gasteiger partial charge in [-0.25, -0.2) is 0 Å². The molecule has 2 saturated carbocycles. The van der Waals surface area contributed by atoms with Gasteiger partial charge < -0.3 is 5.32 Å². The first-order valence-electron chi connectivity index (χ1n) is 8.37. The van der Waals surface area contributed by atoms with E-state index in [-0.39, 0.29) is 10.7 Å². The molecule has 112 valence electrons. The number of aliphatic imine (C=N–C) groups is 1. The molecule has 1 spiro atoms. The Morgan fingerprint density at radius 3 is 2.25 bits per heavy atom. The van der Waals surface area contributed by atoms with Crippen molar-refractivity contribution in [3.8, 4) is 0 Å². The number of rotatable bonds is 1. The van der Waals surface area contributed by atoms with Gasteiger partial charge in [-0.3, -0.25) is 9.79 Å². The summed E-state index contributed by atoms with van der Waals surface area (Å²) in [5.74, 6) is 0.229. The van der Waals surface area contributed by atoms with Crippen LogP contribution < -0.4 is 5.32 Å². The predicted octanol–water partition coefficient (Wildman–Crippen LogP) is 4.02. The minimum atomic E-state index is -0.168. The number of hydrogen-bond donors (Lipinski definition) is 1. The van der Waals surface area contributed by atoms with Crippen LogP contribution in [0.3, 0.4) is 0 Å². The highest BCUT2D eigenvalue weighted by atomic mass is 32.2. The minimum Gasteiger partial charge on any atom is -0.304 e. The molecule has 20 heavy (non-hydrogen) atoms. The molecule has 1 N–H and O–H groups in total. The van der Waals surface area contributed by atoms with Gasteiger partial charge in [-0.15, -0.1) is 0 Å². The molecule has 1 aliphatic heterocycles. The lowest BCUT2D eigenvalue weighted by Gasteiger charge is -2.28. The summed E-state index contributed by atoms with van der Waals surface area (Å²) in [5, 5.41) is 3.99. The molecule has 0 unspecified atom stereocenters. The molecule has 0 aromatic heterocycles. The number of carbonyl (C=O) groups is 1. The summed E-state index contributed by atoms with van der Waals surface area (Å²) in [6, 6.07) is 0.442. The lowest BCUT2D eigenvalue weighted by Crippen LogP contribution is -2.38. The quantitative estimate of drug-likeness (QED) is 0.793. The first-order valence-corrected chi connectivity index (χ1v) is 9.18. The van der Waals surface area contributed by atoms with Crippen LogP contribution in [0.15, 0.2) is 4.99 Å². The van der Waals surface area contributed by atoms with Crippen molar-refractivity contribution in [2.75, 3.05) is 0 Å². The number of thioether (sulfide) groups is 1. The summed E-state index contributed by atoms with van der Waals surface area (Å²) in [5.41, 5.74) is 0. The molecule has 0 radical (unpaired) electrons. The van der Waals surface area contributed by atoms with Gasteiger partial charge in [0, 0.05) is 0 Å². The topological polar surface area (TPSA) is 41.5 Å². The van der Waals surface area contributed by atoms with Crippen molar-refractivity contribution >= 4 is 22.8 Å². The summed E-state index contributed by atoms with van der Waals surface area (Å²) >= 11 is 1.74. The van der Waals surface area contributed by atoms with Crippen molar-refractivity contribution in [3.05, 3.63) is 0 Å². The zero-order valence-corrected chi connectivity index (χ0v) is 13.1. The fourth-order valence-corrected chi connectivity index (χ4v) is 5.06. The van der Waals surface area contributed by atoms with Crippen LogP contribution in [-0.4, -0.2) is 21.9 Å². The van der Waals surface area contributed by atoms with Gasteiger partial charge in [-0.2, -0.15) is 0 Å². The molecule has 1 saturated heterocycles. The van der Waals surface area contributed by atoms with Crippen molar-refractivity contribution in [1.82, 2.24) is 5.32 Å². The third-order valence-corrected chi connectivity index (χ3v) is 6.35. The van der Waals surface area contributed by atoms with Crippen LogP contribution in [0.25, 0.3) is 0 Å². The first kappa shape index (κ1) is 14.4. The number of amides is 1. The maximum Gasteiger partial charge on any atom is 0.242 e. The van der Waals surface area contributed by atoms with Crippen LogP contribution in [-0.2, 0) is 4.79 Å². The smallest absolute Gasteiger partial charge is 0.242 e. The first-order chi connectivity index (χ1) is 9.78. The number of nitrogens with zero attached hydrogens (tertiary/aromatic N) is 1. The Bertz CT molecular complexity index is 380. The third kappa shape index (κ3) is 3.21. The molecule has 2 aliphatic carbocycles. The molecule has 0 aromatic carbocycles. The summed E-state index contributed by atoms with van der Waals surface area (Å²) in [7, 11) is 0. The van der Waals surface area contributed by atoms with Crippen molar-refractivity contribution in [3.63, 3.8) is 0 Å². The van der Waals surface area contributed by atoms with E-state index in [1.54, 1.807) is 11.8 Å². The molecule has 0 atom stereocenters. The number of hydrogen-bond acceptors (Lipinski definition) is 3. The van der Waals surface area contributed by atoms with Gasteiger partial charge in [-0.1, -0.05) is 63.1 Å². The molecule has 3 aliphatic rings. The highest BCUT2D eigenvalue weighted by Crippen LogP contribution is 2.44. The maximum atomic E-state index is 12.3. The SMILES string of the molecule is O=C1NC(=NC2CCCCCCC2)SC12CCCCC2. The lowest BCUT2D eigenvalue weighted by atomic mass is 9.88. The van der Waals surface area contributed by atoms with Gasteiger partial charge in [0.2, 0.25) is 5.91 Å². The van der Waals surface area contributed by atoms with E-state index in [0.29, 0.717) is 6.04 Å². The van der Waals surface area contributed by atoms with Crippen LogP contribution >= 0.6 is 11.8 Å². The van der Waals surface area contributed by atoms with Crippen molar-refractivity contribution in [1.29, 1.82) is 0 Å². The predicted molar refractivity (Wildman–Crippen MR) is 85.1 cm³/mol. The number of carbonyl (C=O) groups excluding carboxylic acids is 1. The fourth-order valence-electron chi connectivity index (χ4n) is 3.71. The molecule has 4 heteroatoms. The van der Waals surface area contributed by atoms with Gasteiger partial charge in [0.05, 0.1) is 6.04 Å². The molecular formula is C16H26N2OS. The molecule has 1 amide bonds. The van der Waals surface area contributed by atoms with Crippen LogP contribution in [0.5, 0.6) is 0 Å². The second-order valence-electron chi connectivity index (χ2n) is 6.54. The standard InChI is InChI=1S/C16H26N2OS/c19-14-16(11-7-4-8-12-16)20-15(18-14)17-13-9-5-2-1-3-6-10-13/h13H,1-12H2,(H,17,18,19). The van der Waals surface area contributed by atoms with E-state index in [1.165, 1.54) is 64.2 Å². The summed E-state index contributed by atoms with van der Waals surface area (Å²) in [4.78, 5) is 17.2. The Hall–Kier alpha value is -0.510. The van der Waals surface area contributed by atoms with Gasteiger partial charge >= 0.3 is 0 Å². The normalized spacial score (nSPS) is 30.2. The maximum absolute atomic E-state index is 12.3. The largest absolute Gasteiger partial charge is 0.304 e.